The number of fused-ring (bicyclic) bond motifs is 1. The molecule has 2 N–H and O–H groups in total. The topological polar surface area (TPSA) is 63.4 Å². The molecule has 0 saturated heterocycles. The summed E-state index contributed by atoms with van der Waals surface area (Å²) in [7, 11) is 0. The highest BCUT2D eigenvalue weighted by Gasteiger charge is 2.34. The molecule has 3 rings (SSSR count). The zero-order valence-electron chi connectivity index (χ0n) is 12.3. The molecule has 1 aliphatic rings. The fraction of sp³-hybridized carbons (Fsp3) is 0.222. The summed E-state index contributed by atoms with van der Waals surface area (Å²) < 4.78 is 0. The average molecular weight is 294 g/mol. The van der Waals surface area contributed by atoms with Gasteiger partial charge in [-0.1, -0.05) is 30.3 Å². The van der Waals surface area contributed by atoms with E-state index in [9.17, 15) is 9.59 Å². The molecule has 0 saturated carbocycles. The Labute approximate surface area is 129 Å². The number of benzene rings is 2. The van der Waals surface area contributed by atoms with Gasteiger partial charge in [0, 0.05) is 12.2 Å². The van der Waals surface area contributed by atoms with Crippen LogP contribution < -0.4 is 5.73 Å². The van der Waals surface area contributed by atoms with E-state index < -0.39 is 0 Å². The third-order valence-electron chi connectivity index (χ3n) is 4.01. The van der Waals surface area contributed by atoms with Crippen LogP contribution in [-0.2, 0) is 6.42 Å². The van der Waals surface area contributed by atoms with Gasteiger partial charge in [-0.2, -0.15) is 0 Å². The minimum absolute atomic E-state index is 0.181. The number of carbonyl (C=O) groups excluding carboxylic acids is 2. The molecule has 2 aromatic rings. The Hall–Kier alpha value is -2.62. The molecule has 22 heavy (non-hydrogen) atoms. The van der Waals surface area contributed by atoms with E-state index in [0.29, 0.717) is 17.7 Å². The van der Waals surface area contributed by atoms with Crippen LogP contribution in [0.5, 0.6) is 0 Å². The lowest BCUT2D eigenvalue weighted by Gasteiger charge is -2.13. The number of amides is 2. The number of imide groups is 1. The second-order valence-electron chi connectivity index (χ2n) is 5.46. The van der Waals surface area contributed by atoms with Gasteiger partial charge in [0.25, 0.3) is 11.8 Å². The van der Waals surface area contributed by atoms with Crippen LogP contribution in [0.25, 0.3) is 0 Å². The maximum atomic E-state index is 12.2. The number of para-hydroxylation sites is 1. The predicted molar refractivity (Wildman–Crippen MR) is 85.6 cm³/mol. The number of nitrogens with zero attached hydrogens (tertiary/aromatic N) is 1. The SMILES string of the molecule is Nc1ccccc1CCCCN1C(=O)c2ccccc2C1=O. The molecule has 0 bridgehead atoms. The molecule has 0 radical (unpaired) electrons. The Kier molecular flexibility index (Phi) is 3.92. The van der Waals surface area contributed by atoms with E-state index in [-0.39, 0.29) is 11.8 Å². The van der Waals surface area contributed by atoms with Crippen molar-refractivity contribution < 1.29 is 9.59 Å². The van der Waals surface area contributed by atoms with Crippen LogP contribution in [0, 0.1) is 0 Å². The molecule has 0 unspecified atom stereocenters. The fourth-order valence-corrected chi connectivity index (χ4v) is 2.79. The van der Waals surface area contributed by atoms with E-state index in [4.69, 9.17) is 5.73 Å². The van der Waals surface area contributed by atoms with Gasteiger partial charge in [0.05, 0.1) is 11.1 Å². The lowest BCUT2D eigenvalue weighted by Crippen LogP contribution is -2.30. The van der Waals surface area contributed by atoms with E-state index in [1.54, 1.807) is 24.3 Å². The summed E-state index contributed by atoms with van der Waals surface area (Å²) in [5, 5.41) is 0. The number of nitrogens with two attached hydrogens (primary N) is 1. The molecular weight excluding hydrogens is 276 g/mol. The number of rotatable bonds is 5. The average Bonchev–Trinajstić information content (AvgIpc) is 2.78. The molecule has 0 atom stereocenters. The molecule has 0 aliphatic carbocycles. The Balaban J connectivity index is 1.56. The van der Waals surface area contributed by atoms with Crippen molar-refractivity contribution in [1.82, 2.24) is 4.90 Å². The molecule has 2 aromatic carbocycles. The van der Waals surface area contributed by atoms with Crippen LogP contribution in [0.2, 0.25) is 0 Å². The first-order valence-electron chi connectivity index (χ1n) is 7.47. The predicted octanol–water partition coefficient (Wildman–Crippen LogP) is 2.89. The summed E-state index contributed by atoms with van der Waals surface area (Å²) in [5.41, 5.74) is 8.85. The van der Waals surface area contributed by atoms with Gasteiger partial charge in [-0.25, -0.2) is 0 Å². The van der Waals surface area contributed by atoms with Gasteiger partial charge in [0.1, 0.15) is 0 Å². The lowest BCUT2D eigenvalue weighted by atomic mass is 10.1. The van der Waals surface area contributed by atoms with Crippen molar-refractivity contribution in [2.75, 3.05) is 12.3 Å². The van der Waals surface area contributed by atoms with Crippen molar-refractivity contribution in [2.45, 2.75) is 19.3 Å². The summed E-state index contributed by atoms with van der Waals surface area (Å²) in [6, 6.07) is 14.8. The molecule has 4 heteroatoms. The maximum Gasteiger partial charge on any atom is 0.261 e. The minimum atomic E-state index is -0.181. The van der Waals surface area contributed by atoms with Crippen molar-refractivity contribution >= 4 is 17.5 Å². The molecular formula is C18H18N2O2. The second kappa shape index (κ2) is 6.02. The largest absolute Gasteiger partial charge is 0.399 e. The first-order valence-corrected chi connectivity index (χ1v) is 7.47. The number of aryl methyl sites for hydroxylation is 1. The first-order chi connectivity index (χ1) is 10.7. The molecule has 0 aromatic heterocycles. The van der Waals surface area contributed by atoms with Crippen molar-refractivity contribution in [3.05, 3.63) is 65.2 Å². The molecule has 0 fully saturated rings. The molecule has 4 nitrogen and oxygen atoms in total. The normalized spacial score (nSPS) is 13.5. The van der Waals surface area contributed by atoms with Gasteiger partial charge in [-0.15, -0.1) is 0 Å². The highest BCUT2D eigenvalue weighted by molar-refractivity contribution is 6.21. The Morgan fingerprint density at radius 1 is 0.818 bits per heavy atom. The Morgan fingerprint density at radius 3 is 2.05 bits per heavy atom. The monoisotopic (exact) mass is 294 g/mol. The summed E-state index contributed by atoms with van der Waals surface area (Å²) >= 11 is 0. The zero-order chi connectivity index (χ0) is 15.5. The van der Waals surface area contributed by atoms with E-state index in [0.717, 1.165) is 30.5 Å². The molecule has 2 amide bonds. The smallest absolute Gasteiger partial charge is 0.261 e. The van der Waals surface area contributed by atoms with Crippen LogP contribution in [0.4, 0.5) is 5.69 Å². The van der Waals surface area contributed by atoms with Crippen LogP contribution in [0.15, 0.2) is 48.5 Å². The minimum Gasteiger partial charge on any atom is -0.399 e. The van der Waals surface area contributed by atoms with E-state index in [2.05, 4.69) is 0 Å². The highest BCUT2D eigenvalue weighted by atomic mass is 16.2. The lowest BCUT2D eigenvalue weighted by molar-refractivity contribution is 0.0652. The quantitative estimate of drug-likeness (QED) is 0.524. The van der Waals surface area contributed by atoms with Crippen molar-refractivity contribution in [3.63, 3.8) is 0 Å². The van der Waals surface area contributed by atoms with Crippen LogP contribution in [0.3, 0.4) is 0 Å². The summed E-state index contributed by atoms with van der Waals surface area (Å²) in [4.78, 5) is 25.8. The third-order valence-corrected chi connectivity index (χ3v) is 4.01. The molecule has 1 aliphatic heterocycles. The van der Waals surface area contributed by atoms with E-state index in [1.807, 2.05) is 24.3 Å². The van der Waals surface area contributed by atoms with E-state index in [1.165, 1.54) is 4.90 Å². The summed E-state index contributed by atoms with van der Waals surface area (Å²) in [6.07, 6.45) is 2.53. The van der Waals surface area contributed by atoms with Gasteiger partial charge in [0.15, 0.2) is 0 Å². The number of hydrogen-bond acceptors (Lipinski definition) is 3. The highest BCUT2D eigenvalue weighted by Crippen LogP contribution is 2.23. The third kappa shape index (κ3) is 2.60. The molecule has 112 valence electrons. The first kappa shape index (κ1) is 14.3. The summed E-state index contributed by atoms with van der Waals surface area (Å²) in [6.45, 7) is 0.457. The second-order valence-corrected chi connectivity index (χ2v) is 5.46. The van der Waals surface area contributed by atoms with Crippen molar-refractivity contribution in [1.29, 1.82) is 0 Å². The Morgan fingerprint density at radius 2 is 1.41 bits per heavy atom. The Bertz CT molecular complexity index is 690. The van der Waals surface area contributed by atoms with Crippen molar-refractivity contribution in [3.8, 4) is 0 Å². The van der Waals surface area contributed by atoms with Crippen molar-refractivity contribution in [2.24, 2.45) is 0 Å². The number of hydrogen-bond donors (Lipinski definition) is 1. The maximum absolute atomic E-state index is 12.2. The summed E-state index contributed by atoms with van der Waals surface area (Å²) in [5.74, 6) is -0.361. The van der Waals surface area contributed by atoms with Crippen LogP contribution >= 0.6 is 0 Å². The fourth-order valence-electron chi connectivity index (χ4n) is 2.79. The zero-order valence-corrected chi connectivity index (χ0v) is 12.3. The number of carbonyl (C=O) groups is 2. The van der Waals surface area contributed by atoms with Gasteiger partial charge in [-0.05, 0) is 43.0 Å². The van der Waals surface area contributed by atoms with Gasteiger partial charge in [0.2, 0.25) is 0 Å². The number of unbranched alkanes of at least 4 members (excludes halogenated alkanes) is 1. The van der Waals surface area contributed by atoms with E-state index >= 15 is 0 Å². The molecule has 1 heterocycles. The number of anilines is 1. The standard InChI is InChI=1S/C18H18N2O2/c19-16-11-4-1-7-13(16)8-5-6-12-20-17(21)14-9-2-3-10-15(14)18(20)22/h1-4,7,9-11H,5-6,8,12,19H2. The number of nitrogen functional groups attached to an aromatic ring is 1. The van der Waals surface area contributed by atoms with Gasteiger partial charge >= 0.3 is 0 Å². The van der Waals surface area contributed by atoms with Crippen LogP contribution in [0.1, 0.15) is 39.1 Å². The van der Waals surface area contributed by atoms with Gasteiger partial charge in [-0.3, -0.25) is 14.5 Å². The van der Waals surface area contributed by atoms with Gasteiger partial charge < -0.3 is 5.73 Å². The van der Waals surface area contributed by atoms with Crippen LogP contribution in [-0.4, -0.2) is 23.3 Å². The molecule has 0 spiro atoms.